The molecule has 1 fully saturated rings. The van der Waals surface area contributed by atoms with Crippen LogP contribution >= 0.6 is 0 Å². The fourth-order valence-corrected chi connectivity index (χ4v) is 4.95. The van der Waals surface area contributed by atoms with Gasteiger partial charge in [0.05, 0.1) is 30.6 Å². The van der Waals surface area contributed by atoms with Crippen LogP contribution in [-0.4, -0.2) is 51.9 Å². The van der Waals surface area contributed by atoms with Crippen molar-refractivity contribution in [1.82, 2.24) is 20.5 Å². The van der Waals surface area contributed by atoms with E-state index < -0.39 is 35.7 Å². The topological polar surface area (TPSA) is 106 Å². The number of aryl methyl sites for hydroxylation is 1. The summed E-state index contributed by atoms with van der Waals surface area (Å²) in [5, 5.41) is 22.8. The van der Waals surface area contributed by atoms with Crippen molar-refractivity contribution in [2.75, 3.05) is 13.2 Å². The maximum Gasteiger partial charge on any atom is 0.274 e. The lowest BCUT2D eigenvalue weighted by Crippen LogP contribution is -2.46. The number of aromatic nitrogens is 3. The van der Waals surface area contributed by atoms with E-state index in [9.17, 15) is 23.1 Å². The van der Waals surface area contributed by atoms with Crippen molar-refractivity contribution in [3.8, 4) is 22.8 Å². The monoisotopic (exact) mass is 578 g/mol. The van der Waals surface area contributed by atoms with Gasteiger partial charge >= 0.3 is 0 Å². The van der Waals surface area contributed by atoms with Crippen molar-refractivity contribution in [1.29, 1.82) is 0 Å². The molecule has 1 aliphatic heterocycles. The Morgan fingerprint density at radius 1 is 1.17 bits per heavy atom. The minimum Gasteiger partial charge on any atom is -0.490 e. The number of aliphatic hydroxyl groups is 1. The molecule has 2 aromatic carbocycles. The van der Waals surface area contributed by atoms with Gasteiger partial charge in [0.25, 0.3) is 12.3 Å². The summed E-state index contributed by atoms with van der Waals surface area (Å²) < 4.78 is 54.8. The summed E-state index contributed by atoms with van der Waals surface area (Å²) in [7, 11) is 0. The van der Waals surface area contributed by atoms with Crippen LogP contribution in [0.4, 0.5) is 13.2 Å². The standard InChI is InChI=1S/C31H29F3N4O4/c1-16-10-18-11-19(12-23(25(18)38-37-16)42-21-8-9-21)28(39)35-14-31(40,29(33)34)24-13-22-27(41-15-30(22,2)3)26(36-24)17-4-6-20(32)7-5-17/h4-7,10-13,21,29,40H,8-9,14-15H2,1-3H3,(H,35,39). The Balaban J connectivity index is 1.35. The lowest BCUT2D eigenvalue weighted by molar-refractivity contribution is -0.101. The molecule has 11 heteroatoms. The van der Waals surface area contributed by atoms with Gasteiger partial charge in [-0.05, 0) is 68.3 Å². The largest absolute Gasteiger partial charge is 0.490 e. The average Bonchev–Trinajstić information content (AvgIpc) is 3.72. The summed E-state index contributed by atoms with van der Waals surface area (Å²) in [5.74, 6) is -0.396. The summed E-state index contributed by atoms with van der Waals surface area (Å²) in [5.41, 5.74) is -1.25. The molecule has 218 valence electrons. The highest BCUT2D eigenvalue weighted by Crippen LogP contribution is 2.46. The van der Waals surface area contributed by atoms with Gasteiger partial charge in [0.1, 0.15) is 28.5 Å². The van der Waals surface area contributed by atoms with Crippen molar-refractivity contribution in [2.24, 2.45) is 0 Å². The number of amides is 1. The van der Waals surface area contributed by atoms with Crippen LogP contribution in [0.15, 0.2) is 48.5 Å². The van der Waals surface area contributed by atoms with Gasteiger partial charge in [-0.2, -0.15) is 5.10 Å². The number of alkyl halides is 2. The Labute approximate surface area is 239 Å². The zero-order valence-electron chi connectivity index (χ0n) is 23.2. The molecule has 1 unspecified atom stereocenters. The van der Waals surface area contributed by atoms with E-state index in [0.29, 0.717) is 39.2 Å². The molecule has 0 radical (unpaired) electrons. The van der Waals surface area contributed by atoms with E-state index in [1.807, 2.05) is 13.8 Å². The third-order valence-corrected chi connectivity index (χ3v) is 7.58. The number of nitrogens with zero attached hydrogens (tertiary/aromatic N) is 3. The molecule has 6 rings (SSSR count). The van der Waals surface area contributed by atoms with Crippen molar-refractivity contribution >= 4 is 16.8 Å². The molecule has 1 atom stereocenters. The maximum absolute atomic E-state index is 14.7. The van der Waals surface area contributed by atoms with Gasteiger partial charge in [-0.3, -0.25) is 4.79 Å². The van der Waals surface area contributed by atoms with E-state index >= 15 is 0 Å². The molecular weight excluding hydrogens is 549 g/mol. The van der Waals surface area contributed by atoms with Crippen LogP contribution in [0.5, 0.6) is 11.5 Å². The predicted molar refractivity (Wildman–Crippen MR) is 148 cm³/mol. The van der Waals surface area contributed by atoms with Crippen LogP contribution in [0.3, 0.4) is 0 Å². The molecule has 3 heterocycles. The van der Waals surface area contributed by atoms with Crippen molar-refractivity contribution in [3.05, 3.63) is 76.9 Å². The molecule has 1 amide bonds. The van der Waals surface area contributed by atoms with Crippen LogP contribution in [0.1, 0.15) is 54.0 Å². The number of ether oxygens (including phenoxy) is 2. The minimum absolute atomic E-state index is 0.0213. The molecule has 0 saturated heterocycles. The smallest absolute Gasteiger partial charge is 0.274 e. The van der Waals surface area contributed by atoms with Gasteiger partial charge in [-0.1, -0.05) is 13.8 Å². The van der Waals surface area contributed by atoms with Gasteiger partial charge in [0, 0.05) is 27.5 Å². The van der Waals surface area contributed by atoms with Gasteiger partial charge < -0.3 is 19.9 Å². The van der Waals surface area contributed by atoms with E-state index in [4.69, 9.17) is 9.47 Å². The predicted octanol–water partition coefficient (Wildman–Crippen LogP) is 5.23. The molecule has 2 N–H and O–H groups in total. The van der Waals surface area contributed by atoms with Crippen LogP contribution < -0.4 is 14.8 Å². The second-order valence-corrected chi connectivity index (χ2v) is 11.5. The lowest BCUT2D eigenvalue weighted by Gasteiger charge is -2.29. The van der Waals surface area contributed by atoms with E-state index in [1.54, 1.807) is 19.1 Å². The Bertz CT molecular complexity index is 1690. The Morgan fingerprint density at radius 2 is 1.90 bits per heavy atom. The van der Waals surface area contributed by atoms with Crippen molar-refractivity contribution < 1.29 is 32.5 Å². The minimum atomic E-state index is -3.31. The van der Waals surface area contributed by atoms with Crippen molar-refractivity contribution in [3.63, 3.8) is 0 Å². The van der Waals surface area contributed by atoms with Crippen LogP contribution in [0, 0.1) is 12.7 Å². The first kappa shape index (κ1) is 27.9. The van der Waals surface area contributed by atoms with E-state index in [1.165, 1.54) is 36.4 Å². The fraction of sp³-hybridized carbons (Fsp3) is 0.355. The molecule has 42 heavy (non-hydrogen) atoms. The number of benzene rings is 2. The third kappa shape index (κ3) is 5.13. The first-order valence-electron chi connectivity index (χ1n) is 13.6. The first-order valence-corrected chi connectivity index (χ1v) is 13.6. The van der Waals surface area contributed by atoms with E-state index in [2.05, 4.69) is 20.5 Å². The van der Waals surface area contributed by atoms with Crippen LogP contribution in [0.25, 0.3) is 22.2 Å². The second kappa shape index (κ2) is 10.2. The number of carbonyl (C=O) groups is 1. The van der Waals surface area contributed by atoms with Crippen LogP contribution in [-0.2, 0) is 11.0 Å². The molecule has 0 bridgehead atoms. The maximum atomic E-state index is 14.7. The Hall–Kier alpha value is -4.25. The van der Waals surface area contributed by atoms with Gasteiger partial charge in [-0.25, -0.2) is 18.2 Å². The summed E-state index contributed by atoms with van der Waals surface area (Å²) in [4.78, 5) is 17.7. The Morgan fingerprint density at radius 3 is 2.60 bits per heavy atom. The highest BCUT2D eigenvalue weighted by atomic mass is 19.3. The Kier molecular flexibility index (Phi) is 6.80. The summed E-state index contributed by atoms with van der Waals surface area (Å²) in [6.45, 7) is 4.97. The van der Waals surface area contributed by atoms with Crippen LogP contribution in [0.2, 0.25) is 0 Å². The molecular formula is C31H29F3N4O4. The van der Waals surface area contributed by atoms with Gasteiger partial charge in [0.2, 0.25) is 0 Å². The highest BCUT2D eigenvalue weighted by molar-refractivity contribution is 6.00. The second-order valence-electron chi connectivity index (χ2n) is 11.5. The number of halogens is 3. The van der Waals surface area contributed by atoms with E-state index in [0.717, 1.165) is 12.8 Å². The molecule has 2 aromatic heterocycles. The number of fused-ring (bicyclic) bond motifs is 2. The fourth-order valence-electron chi connectivity index (χ4n) is 4.95. The van der Waals surface area contributed by atoms with Crippen molar-refractivity contribution in [2.45, 2.75) is 57.2 Å². The molecule has 2 aliphatic rings. The zero-order valence-corrected chi connectivity index (χ0v) is 23.2. The lowest BCUT2D eigenvalue weighted by atomic mass is 9.84. The summed E-state index contributed by atoms with van der Waals surface area (Å²) >= 11 is 0. The quantitative estimate of drug-likeness (QED) is 0.295. The summed E-state index contributed by atoms with van der Waals surface area (Å²) in [6.07, 6.45) is -1.52. The normalized spacial score (nSPS) is 17.0. The summed E-state index contributed by atoms with van der Waals surface area (Å²) in [6, 6.07) is 11.6. The molecule has 1 aliphatic carbocycles. The number of carbonyl (C=O) groups excluding carboxylic acids is 1. The van der Waals surface area contributed by atoms with Gasteiger partial charge in [0.15, 0.2) is 5.60 Å². The average molecular weight is 579 g/mol. The highest BCUT2D eigenvalue weighted by Gasteiger charge is 2.45. The molecule has 4 aromatic rings. The first-order chi connectivity index (χ1) is 19.9. The number of hydrogen-bond acceptors (Lipinski definition) is 7. The third-order valence-electron chi connectivity index (χ3n) is 7.58. The molecule has 0 spiro atoms. The van der Waals surface area contributed by atoms with E-state index in [-0.39, 0.29) is 29.7 Å². The number of pyridine rings is 1. The number of rotatable bonds is 8. The molecule has 1 saturated carbocycles. The number of hydrogen-bond donors (Lipinski definition) is 2. The molecule has 8 nitrogen and oxygen atoms in total. The van der Waals surface area contributed by atoms with Gasteiger partial charge in [-0.15, -0.1) is 5.10 Å². The zero-order chi connectivity index (χ0) is 29.8. The number of nitrogens with one attached hydrogen (secondary N) is 1. The SMILES string of the molecule is Cc1cc2cc(C(=O)NCC(O)(c3cc4c(c(-c5ccc(F)cc5)n3)OCC4(C)C)C(F)F)cc(OC3CC3)c2nn1.